The van der Waals surface area contributed by atoms with Crippen LogP contribution in [0.1, 0.15) is 35.1 Å². The molecule has 126 valence electrons. The van der Waals surface area contributed by atoms with Crippen LogP contribution >= 0.6 is 11.3 Å². The van der Waals surface area contributed by atoms with Crippen molar-refractivity contribution in [3.05, 3.63) is 52.2 Å². The van der Waals surface area contributed by atoms with Crippen LogP contribution in [-0.4, -0.2) is 25.2 Å². The van der Waals surface area contributed by atoms with Gasteiger partial charge in [-0.2, -0.15) is 0 Å². The van der Waals surface area contributed by atoms with Gasteiger partial charge in [0.25, 0.3) is 5.91 Å². The zero-order valence-corrected chi connectivity index (χ0v) is 14.5. The van der Waals surface area contributed by atoms with E-state index in [2.05, 4.69) is 19.2 Å². The normalized spacial score (nSPS) is 15.5. The monoisotopic (exact) mass is 344 g/mol. The van der Waals surface area contributed by atoms with Gasteiger partial charge in [-0.1, -0.05) is 26.0 Å². The molecule has 0 aliphatic carbocycles. The predicted octanol–water partition coefficient (Wildman–Crippen LogP) is 3.83. The summed E-state index contributed by atoms with van der Waals surface area (Å²) >= 11 is 1.64. The number of nitrogens with one attached hydrogen (secondary N) is 1. The van der Waals surface area contributed by atoms with Crippen LogP contribution in [0, 0.1) is 5.92 Å². The fraction of sp³-hybridized carbons (Fsp3) is 0.333. The number of carbonyl (C=O) groups excluding carboxylic acids is 2. The minimum Gasteiger partial charge on any atom is -0.447 e. The summed E-state index contributed by atoms with van der Waals surface area (Å²) in [4.78, 5) is 27.0. The van der Waals surface area contributed by atoms with Crippen LogP contribution in [0.15, 0.2) is 41.8 Å². The first-order chi connectivity index (χ1) is 11.6. The van der Waals surface area contributed by atoms with E-state index in [4.69, 9.17) is 4.74 Å². The Kier molecular flexibility index (Phi) is 4.85. The van der Waals surface area contributed by atoms with Crippen LogP contribution in [0.4, 0.5) is 10.5 Å². The summed E-state index contributed by atoms with van der Waals surface area (Å²) in [5.74, 6) is 0.140. The fourth-order valence-electron chi connectivity index (χ4n) is 2.70. The van der Waals surface area contributed by atoms with Crippen LogP contribution < -0.4 is 10.2 Å². The maximum atomic E-state index is 12.7. The zero-order valence-electron chi connectivity index (χ0n) is 13.7. The van der Waals surface area contributed by atoms with Crippen molar-refractivity contribution in [2.24, 2.45) is 5.92 Å². The average Bonchev–Trinajstić information content (AvgIpc) is 3.23. The summed E-state index contributed by atoms with van der Waals surface area (Å²) < 4.78 is 4.95. The molecule has 2 heterocycles. The van der Waals surface area contributed by atoms with Crippen LogP contribution in [0.5, 0.6) is 0 Å². The number of thiophene rings is 1. The van der Waals surface area contributed by atoms with Gasteiger partial charge in [0, 0.05) is 16.1 Å². The first-order valence-corrected chi connectivity index (χ1v) is 8.83. The van der Waals surface area contributed by atoms with Gasteiger partial charge in [-0.15, -0.1) is 11.3 Å². The first kappa shape index (κ1) is 16.5. The van der Waals surface area contributed by atoms with E-state index in [1.165, 1.54) is 4.90 Å². The Balaban J connectivity index is 1.78. The van der Waals surface area contributed by atoms with Gasteiger partial charge < -0.3 is 10.1 Å². The predicted molar refractivity (Wildman–Crippen MR) is 94.5 cm³/mol. The Hall–Kier alpha value is -2.34. The number of benzene rings is 1. The third kappa shape index (κ3) is 3.43. The van der Waals surface area contributed by atoms with E-state index < -0.39 is 0 Å². The van der Waals surface area contributed by atoms with Gasteiger partial charge in [0.2, 0.25) is 0 Å². The van der Waals surface area contributed by atoms with E-state index in [1.54, 1.807) is 29.5 Å². The van der Waals surface area contributed by atoms with Gasteiger partial charge in [-0.25, -0.2) is 4.79 Å². The van der Waals surface area contributed by atoms with Crippen molar-refractivity contribution in [1.82, 2.24) is 5.32 Å². The van der Waals surface area contributed by atoms with E-state index in [9.17, 15) is 9.59 Å². The number of hydrogen-bond acceptors (Lipinski definition) is 4. The van der Waals surface area contributed by atoms with E-state index >= 15 is 0 Å². The van der Waals surface area contributed by atoms with Crippen molar-refractivity contribution < 1.29 is 14.3 Å². The molecular weight excluding hydrogens is 324 g/mol. The molecule has 1 aromatic heterocycles. The molecule has 0 bridgehead atoms. The number of cyclic esters (lactones) is 1. The van der Waals surface area contributed by atoms with Crippen LogP contribution in [-0.2, 0) is 4.74 Å². The first-order valence-electron chi connectivity index (χ1n) is 7.95. The van der Waals surface area contributed by atoms with Gasteiger partial charge in [0.1, 0.15) is 6.61 Å². The molecular formula is C18H20N2O3S. The number of anilines is 1. The van der Waals surface area contributed by atoms with Gasteiger partial charge in [0.15, 0.2) is 0 Å². The maximum absolute atomic E-state index is 12.7. The molecule has 0 unspecified atom stereocenters. The van der Waals surface area contributed by atoms with E-state index in [0.29, 0.717) is 24.4 Å². The minimum atomic E-state index is -0.369. The molecule has 1 fully saturated rings. The van der Waals surface area contributed by atoms with Crippen molar-refractivity contribution >= 4 is 29.0 Å². The molecule has 0 radical (unpaired) electrons. The number of carbonyl (C=O) groups is 2. The topological polar surface area (TPSA) is 58.6 Å². The number of ether oxygens (including phenoxy) is 1. The Morgan fingerprint density at radius 1 is 1.29 bits per heavy atom. The average molecular weight is 344 g/mol. The SMILES string of the molecule is CC(C)[C@@H](NC(=O)c1cccc(N2CCOC2=O)c1)c1cccs1. The van der Waals surface area contributed by atoms with Crippen molar-refractivity contribution in [3.8, 4) is 0 Å². The second-order valence-corrected chi connectivity index (χ2v) is 7.01. The number of rotatable bonds is 5. The molecule has 2 amide bonds. The minimum absolute atomic E-state index is 0.0297. The largest absolute Gasteiger partial charge is 0.447 e. The molecule has 1 aliphatic rings. The third-order valence-corrected chi connectivity index (χ3v) is 4.94. The molecule has 5 nitrogen and oxygen atoms in total. The molecule has 6 heteroatoms. The molecule has 1 aromatic carbocycles. The van der Waals surface area contributed by atoms with E-state index in [1.807, 2.05) is 23.6 Å². The maximum Gasteiger partial charge on any atom is 0.414 e. The molecule has 2 aromatic rings. The van der Waals surface area contributed by atoms with Crippen molar-refractivity contribution in [2.45, 2.75) is 19.9 Å². The molecule has 24 heavy (non-hydrogen) atoms. The van der Waals surface area contributed by atoms with E-state index in [0.717, 1.165) is 4.88 Å². The molecule has 1 aliphatic heterocycles. The number of amides is 2. The standard InChI is InChI=1S/C18H20N2O3S/c1-12(2)16(15-7-4-10-24-15)19-17(21)13-5-3-6-14(11-13)20-8-9-23-18(20)22/h3-7,10-12,16H,8-9H2,1-2H3,(H,19,21)/t16-/m1/s1. The summed E-state index contributed by atoms with van der Waals surface area (Å²) in [5, 5.41) is 5.11. The van der Waals surface area contributed by atoms with Crippen molar-refractivity contribution in [3.63, 3.8) is 0 Å². The van der Waals surface area contributed by atoms with Gasteiger partial charge in [-0.3, -0.25) is 9.69 Å². The lowest BCUT2D eigenvalue weighted by Gasteiger charge is -2.21. The fourth-order valence-corrected chi connectivity index (χ4v) is 3.65. The second kappa shape index (κ2) is 7.05. The quantitative estimate of drug-likeness (QED) is 0.897. The third-order valence-electron chi connectivity index (χ3n) is 3.98. The highest BCUT2D eigenvalue weighted by Gasteiger charge is 2.25. The summed E-state index contributed by atoms with van der Waals surface area (Å²) in [6.07, 6.45) is -0.369. The van der Waals surface area contributed by atoms with E-state index in [-0.39, 0.29) is 24.0 Å². The Bertz CT molecular complexity index is 728. The van der Waals surface area contributed by atoms with Crippen LogP contribution in [0.25, 0.3) is 0 Å². The molecule has 1 atom stereocenters. The Morgan fingerprint density at radius 3 is 2.75 bits per heavy atom. The van der Waals surface area contributed by atoms with Gasteiger partial charge in [-0.05, 0) is 35.6 Å². The van der Waals surface area contributed by atoms with Crippen LogP contribution in [0.2, 0.25) is 0 Å². The highest BCUT2D eigenvalue weighted by atomic mass is 32.1. The molecule has 0 saturated carbocycles. The zero-order chi connectivity index (χ0) is 17.1. The van der Waals surface area contributed by atoms with Gasteiger partial charge in [0.05, 0.1) is 12.6 Å². The van der Waals surface area contributed by atoms with Crippen LogP contribution in [0.3, 0.4) is 0 Å². The number of nitrogens with zero attached hydrogens (tertiary/aromatic N) is 1. The lowest BCUT2D eigenvalue weighted by atomic mass is 10.0. The Labute approximate surface area is 145 Å². The molecule has 1 saturated heterocycles. The Morgan fingerprint density at radius 2 is 2.12 bits per heavy atom. The molecule has 0 spiro atoms. The highest BCUT2D eigenvalue weighted by molar-refractivity contribution is 7.10. The lowest BCUT2D eigenvalue weighted by molar-refractivity contribution is 0.0926. The second-order valence-electron chi connectivity index (χ2n) is 6.03. The summed E-state index contributed by atoms with van der Waals surface area (Å²) in [6.45, 7) is 5.05. The molecule has 1 N–H and O–H groups in total. The summed E-state index contributed by atoms with van der Waals surface area (Å²) in [7, 11) is 0. The van der Waals surface area contributed by atoms with Crippen molar-refractivity contribution in [1.29, 1.82) is 0 Å². The molecule has 3 rings (SSSR count). The highest BCUT2D eigenvalue weighted by Crippen LogP contribution is 2.27. The number of hydrogen-bond donors (Lipinski definition) is 1. The summed E-state index contributed by atoms with van der Waals surface area (Å²) in [5.41, 5.74) is 1.22. The smallest absolute Gasteiger partial charge is 0.414 e. The summed E-state index contributed by atoms with van der Waals surface area (Å²) in [6, 6.07) is 11.1. The van der Waals surface area contributed by atoms with Crippen molar-refractivity contribution in [2.75, 3.05) is 18.1 Å². The van der Waals surface area contributed by atoms with Gasteiger partial charge >= 0.3 is 6.09 Å². The lowest BCUT2D eigenvalue weighted by Crippen LogP contribution is -2.31.